The summed E-state index contributed by atoms with van der Waals surface area (Å²) in [6.07, 6.45) is 0.252. The van der Waals surface area contributed by atoms with Gasteiger partial charge in [-0.15, -0.1) is 0 Å². The molecular formula is C13H19NO6S2. The van der Waals surface area contributed by atoms with Crippen LogP contribution in [-0.4, -0.2) is 48.1 Å². The first kappa shape index (κ1) is 17.0. The second-order valence-corrected chi connectivity index (χ2v) is 9.39. The summed E-state index contributed by atoms with van der Waals surface area (Å²) < 4.78 is 60.7. The highest BCUT2D eigenvalue weighted by atomic mass is 32.2. The van der Waals surface area contributed by atoms with Crippen molar-refractivity contribution >= 4 is 19.9 Å². The molecule has 124 valence electrons. The van der Waals surface area contributed by atoms with Crippen LogP contribution in [0, 0.1) is 0 Å². The molecule has 1 N–H and O–H groups in total. The molecule has 0 bridgehead atoms. The zero-order valence-electron chi connectivity index (χ0n) is 12.6. The first-order valence-electron chi connectivity index (χ1n) is 6.57. The molecule has 0 aromatic heterocycles. The minimum atomic E-state index is -3.86. The van der Waals surface area contributed by atoms with E-state index in [1.165, 1.54) is 32.4 Å². The molecule has 1 atom stereocenters. The number of rotatable bonds is 5. The Hall–Kier alpha value is -1.32. The van der Waals surface area contributed by atoms with Gasteiger partial charge >= 0.3 is 0 Å². The molecule has 1 unspecified atom stereocenters. The van der Waals surface area contributed by atoms with Gasteiger partial charge in [0.05, 0.1) is 30.6 Å². The zero-order chi connectivity index (χ0) is 16.6. The lowest BCUT2D eigenvalue weighted by molar-refractivity contribution is 0.353. The lowest BCUT2D eigenvalue weighted by Crippen LogP contribution is -2.46. The van der Waals surface area contributed by atoms with E-state index < -0.39 is 25.4 Å². The minimum Gasteiger partial charge on any atom is -0.493 e. The molecule has 0 radical (unpaired) electrons. The van der Waals surface area contributed by atoms with E-state index in [0.717, 1.165) is 0 Å². The van der Waals surface area contributed by atoms with Gasteiger partial charge in [-0.1, -0.05) is 0 Å². The Morgan fingerprint density at radius 2 is 1.82 bits per heavy atom. The van der Waals surface area contributed by atoms with Crippen molar-refractivity contribution in [2.75, 3.05) is 25.7 Å². The van der Waals surface area contributed by atoms with Crippen LogP contribution in [0.1, 0.15) is 13.3 Å². The molecule has 7 nitrogen and oxygen atoms in total. The summed E-state index contributed by atoms with van der Waals surface area (Å²) >= 11 is 0. The molecule has 1 aromatic carbocycles. The predicted octanol–water partition coefficient (Wildman–Crippen LogP) is 0.559. The van der Waals surface area contributed by atoms with Gasteiger partial charge in [0.1, 0.15) is 0 Å². The Morgan fingerprint density at radius 3 is 2.32 bits per heavy atom. The van der Waals surface area contributed by atoms with E-state index in [1.807, 2.05) is 0 Å². The molecule has 22 heavy (non-hydrogen) atoms. The summed E-state index contributed by atoms with van der Waals surface area (Å²) in [5.41, 5.74) is -0.995. The van der Waals surface area contributed by atoms with Crippen LogP contribution in [0.15, 0.2) is 23.1 Å². The third-order valence-electron chi connectivity index (χ3n) is 3.55. The van der Waals surface area contributed by atoms with Crippen molar-refractivity contribution in [2.24, 2.45) is 0 Å². The molecule has 1 aromatic rings. The normalized spacial score (nSPS) is 24.1. The van der Waals surface area contributed by atoms with Crippen molar-refractivity contribution in [3.8, 4) is 11.5 Å². The molecule has 9 heteroatoms. The van der Waals surface area contributed by atoms with Crippen LogP contribution in [0.5, 0.6) is 11.5 Å². The highest BCUT2D eigenvalue weighted by molar-refractivity contribution is 7.92. The Balaban J connectivity index is 2.32. The Kier molecular flexibility index (Phi) is 4.42. The second-order valence-electron chi connectivity index (χ2n) is 5.52. The lowest BCUT2D eigenvalue weighted by Gasteiger charge is -2.23. The molecule has 0 aliphatic carbocycles. The number of sulfone groups is 1. The number of benzene rings is 1. The third-order valence-corrected chi connectivity index (χ3v) is 7.09. The van der Waals surface area contributed by atoms with Gasteiger partial charge < -0.3 is 9.47 Å². The van der Waals surface area contributed by atoms with Gasteiger partial charge in [0.15, 0.2) is 21.3 Å². The van der Waals surface area contributed by atoms with Crippen molar-refractivity contribution in [1.82, 2.24) is 4.72 Å². The van der Waals surface area contributed by atoms with Gasteiger partial charge in [0.25, 0.3) is 0 Å². The van der Waals surface area contributed by atoms with Gasteiger partial charge in [-0.25, -0.2) is 21.6 Å². The van der Waals surface area contributed by atoms with Gasteiger partial charge in [0.2, 0.25) is 10.0 Å². The van der Waals surface area contributed by atoms with E-state index >= 15 is 0 Å². The van der Waals surface area contributed by atoms with Crippen molar-refractivity contribution in [3.63, 3.8) is 0 Å². The SMILES string of the molecule is COc1ccc(S(=O)(=O)NC2(C)CCS(=O)(=O)C2)cc1OC. The summed E-state index contributed by atoms with van der Waals surface area (Å²) in [7, 11) is -4.20. The quantitative estimate of drug-likeness (QED) is 0.834. The first-order valence-corrected chi connectivity index (χ1v) is 9.88. The number of hydrogen-bond acceptors (Lipinski definition) is 6. The van der Waals surface area contributed by atoms with Crippen LogP contribution < -0.4 is 14.2 Å². The molecule has 0 spiro atoms. The Bertz CT molecular complexity index is 772. The minimum absolute atomic E-state index is 0.00401. The molecule has 0 saturated carbocycles. The lowest BCUT2D eigenvalue weighted by atomic mass is 10.0. The standard InChI is InChI=1S/C13H19NO6S2/c1-13(6-7-21(15,16)9-13)14-22(17,18)10-4-5-11(19-2)12(8-10)20-3/h4-5,8,14H,6-7,9H2,1-3H3. The molecule has 1 heterocycles. The maximum atomic E-state index is 12.5. The third kappa shape index (κ3) is 3.53. The molecule has 1 aliphatic rings. The van der Waals surface area contributed by atoms with E-state index in [4.69, 9.17) is 9.47 Å². The van der Waals surface area contributed by atoms with E-state index in [0.29, 0.717) is 5.75 Å². The highest BCUT2D eigenvalue weighted by Gasteiger charge is 2.41. The van der Waals surface area contributed by atoms with Crippen LogP contribution in [-0.2, 0) is 19.9 Å². The number of nitrogens with one attached hydrogen (secondary N) is 1. The number of hydrogen-bond donors (Lipinski definition) is 1. The number of sulfonamides is 1. The number of ether oxygens (including phenoxy) is 2. The molecule has 1 fully saturated rings. The fraction of sp³-hybridized carbons (Fsp3) is 0.538. The monoisotopic (exact) mass is 349 g/mol. The van der Waals surface area contributed by atoms with Gasteiger partial charge in [0, 0.05) is 11.6 Å². The van der Waals surface area contributed by atoms with Crippen LogP contribution in [0.4, 0.5) is 0 Å². The largest absolute Gasteiger partial charge is 0.493 e. The summed E-state index contributed by atoms with van der Waals surface area (Å²) in [5, 5.41) is 0. The van der Waals surface area contributed by atoms with Gasteiger partial charge in [-0.2, -0.15) is 0 Å². The Labute approximate surface area is 130 Å². The molecule has 0 amide bonds. The maximum absolute atomic E-state index is 12.5. The smallest absolute Gasteiger partial charge is 0.241 e. The van der Waals surface area contributed by atoms with Crippen LogP contribution >= 0.6 is 0 Å². The fourth-order valence-electron chi connectivity index (χ4n) is 2.46. The molecular weight excluding hydrogens is 330 g/mol. The average Bonchev–Trinajstić information content (AvgIpc) is 2.70. The Morgan fingerprint density at radius 1 is 1.18 bits per heavy atom. The van der Waals surface area contributed by atoms with Gasteiger partial charge in [-0.05, 0) is 25.5 Å². The first-order chi connectivity index (χ1) is 10.1. The topological polar surface area (TPSA) is 98.8 Å². The maximum Gasteiger partial charge on any atom is 0.241 e. The van der Waals surface area contributed by atoms with E-state index in [-0.39, 0.29) is 28.6 Å². The molecule has 1 aliphatic heterocycles. The summed E-state index contributed by atoms with van der Waals surface area (Å²) in [6, 6.07) is 4.21. The van der Waals surface area contributed by atoms with Crippen molar-refractivity contribution in [2.45, 2.75) is 23.8 Å². The summed E-state index contributed by atoms with van der Waals surface area (Å²) in [5.74, 6) is 0.482. The summed E-state index contributed by atoms with van der Waals surface area (Å²) in [6.45, 7) is 1.59. The second kappa shape index (κ2) is 5.71. The van der Waals surface area contributed by atoms with Crippen LogP contribution in [0.2, 0.25) is 0 Å². The average molecular weight is 349 g/mol. The van der Waals surface area contributed by atoms with E-state index in [9.17, 15) is 16.8 Å². The van der Waals surface area contributed by atoms with Gasteiger partial charge in [-0.3, -0.25) is 0 Å². The summed E-state index contributed by atoms with van der Waals surface area (Å²) in [4.78, 5) is -0.00401. The van der Waals surface area contributed by atoms with Crippen molar-refractivity contribution in [1.29, 1.82) is 0 Å². The van der Waals surface area contributed by atoms with E-state index in [2.05, 4.69) is 4.72 Å². The van der Waals surface area contributed by atoms with E-state index in [1.54, 1.807) is 6.92 Å². The molecule has 2 rings (SSSR count). The number of methoxy groups -OCH3 is 2. The predicted molar refractivity (Wildman–Crippen MR) is 81.5 cm³/mol. The van der Waals surface area contributed by atoms with Crippen LogP contribution in [0.3, 0.4) is 0 Å². The van der Waals surface area contributed by atoms with Crippen LogP contribution in [0.25, 0.3) is 0 Å². The highest BCUT2D eigenvalue weighted by Crippen LogP contribution is 2.31. The fourth-order valence-corrected chi connectivity index (χ4v) is 6.09. The van der Waals surface area contributed by atoms with Crippen molar-refractivity contribution in [3.05, 3.63) is 18.2 Å². The molecule has 1 saturated heterocycles. The van der Waals surface area contributed by atoms with Crippen molar-refractivity contribution < 1.29 is 26.3 Å². The zero-order valence-corrected chi connectivity index (χ0v) is 14.3.